The number of esters is 2. The van der Waals surface area contributed by atoms with E-state index in [1.165, 1.54) is 22.7 Å². The molecule has 0 saturated carbocycles. The van der Waals surface area contributed by atoms with Gasteiger partial charge in [-0.25, -0.2) is 9.59 Å². The third kappa shape index (κ3) is 4.19. The minimum absolute atomic E-state index is 0.153. The number of thiophene rings is 2. The van der Waals surface area contributed by atoms with Crippen LogP contribution >= 0.6 is 22.7 Å². The van der Waals surface area contributed by atoms with Crippen LogP contribution in [0.2, 0.25) is 0 Å². The summed E-state index contributed by atoms with van der Waals surface area (Å²) in [5.74, 6) is -1.23. The zero-order valence-corrected chi connectivity index (χ0v) is 20.5. The molecule has 0 spiro atoms. The van der Waals surface area contributed by atoms with Crippen LogP contribution in [-0.2, 0) is 9.47 Å². The molecule has 1 aliphatic rings. The molecule has 0 saturated heterocycles. The van der Waals surface area contributed by atoms with E-state index in [0.29, 0.717) is 11.1 Å². The third-order valence-corrected chi connectivity index (χ3v) is 7.86. The molecule has 2 heterocycles. The molecule has 0 aliphatic heterocycles. The maximum atomic E-state index is 13.2. The van der Waals surface area contributed by atoms with Gasteiger partial charge in [0.05, 0.1) is 17.0 Å². The summed E-state index contributed by atoms with van der Waals surface area (Å²) in [6.07, 6.45) is -1.32. The zero-order chi connectivity index (χ0) is 23.7. The summed E-state index contributed by atoms with van der Waals surface area (Å²) < 4.78 is 12.3. The van der Waals surface area contributed by atoms with Crippen molar-refractivity contribution in [1.29, 1.82) is 0 Å². The minimum Gasteiger partial charge on any atom is -0.454 e. The highest BCUT2D eigenvalue weighted by molar-refractivity contribution is 7.08. The van der Waals surface area contributed by atoms with Crippen LogP contribution in [-0.4, -0.2) is 24.1 Å². The highest BCUT2D eigenvalue weighted by atomic mass is 32.1. The van der Waals surface area contributed by atoms with E-state index in [1.54, 1.807) is 22.9 Å². The number of hydrogen-bond acceptors (Lipinski definition) is 6. The second-order valence-corrected chi connectivity index (χ2v) is 10.1. The average Bonchev–Trinajstić information content (AvgIpc) is 3.57. The maximum Gasteiger partial charge on any atom is 0.339 e. The molecule has 0 radical (unpaired) electrons. The summed E-state index contributed by atoms with van der Waals surface area (Å²) in [7, 11) is 0. The predicted molar refractivity (Wildman–Crippen MR) is 135 cm³/mol. The number of carbonyl (C=O) groups excluding carboxylic acids is 2. The molecule has 0 fully saturated rings. The van der Waals surface area contributed by atoms with Gasteiger partial charge in [-0.3, -0.25) is 0 Å². The molecule has 2 aromatic heterocycles. The number of ether oxygens (including phenoxy) is 2. The SMILES string of the molecule is Cc1ccccc1[C@H]1c2ccccc2C(C)C(OC(=O)c2ccsc2)C1OC(=O)c1ccsc1. The van der Waals surface area contributed by atoms with E-state index in [9.17, 15) is 9.59 Å². The molecule has 172 valence electrons. The molecular formula is C28H24O4S2. The number of hydrogen-bond donors (Lipinski definition) is 0. The van der Waals surface area contributed by atoms with Gasteiger partial charge in [-0.1, -0.05) is 55.5 Å². The van der Waals surface area contributed by atoms with Gasteiger partial charge >= 0.3 is 11.9 Å². The largest absolute Gasteiger partial charge is 0.454 e. The first-order valence-corrected chi connectivity index (χ1v) is 13.0. The Morgan fingerprint density at radius 2 is 1.24 bits per heavy atom. The summed E-state index contributed by atoms with van der Waals surface area (Å²) >= 11 is 2.89. The summed E-state index contributed by atoms with van der Waals surface area (Å²) in [5.41, 5.74) is 5.35. The van der Waals surface area contributed by atoms with Crippen molar-refractivity contribution in [2.75, 3.05) is 0 Å². The van der Waals surface area contributed by atoms with Crippen molar-refractivity contribution in [3.05, 3.63) is 116 Å². The van der Waals surface area contributed by atoms with E-state index in [-0.39, 0.29) is 11.8 Å². The standard InChI is InChI=1S/C28H24O4S2/c1-17-7-3-4-8-21(17)24-23-10-6-5-9-22(23)18(2)25(31-27(29)19-11-13-33-15-19)26(24)32-28(30)20-12-14-34-16-20/h3-16,18,24-26H,1-2H3/t18?,24-,25?,26?/m0/s1. The molecule has 1 aliphatic carbocycles. The Hall–Kier alpha value is -3.22. The third-order valence-electron chi connectivity index (χ3n) is 6.49. The molecule has 4 aromatic rings. The quantitative estimate of drug-likeness (QED) is 0.289. The van der Waals surface area contributed by atoms with Crippen LogP contribution in [0.5, 0.6) is 0 Å². The van der Waals surface area contributed by atoms with Crippen molar-refractivity contribution >= 4 is 34.6 Å². The Morgan fingerprint density at radius 3 is 1.79 bits per heavy atom. The van der Waals surface area contributed by atoms with Crippen LogP contribution in [0.15, 0.2) is 82.2 Å². The molecule has 3 unspecified atom stereocenters. The van der Waals surface area contributed by atoms with Crippen LogP contribution in [0.25, 0.3) is 0 Å². The molecule has 4 atom stereocenters. The van der Waals surface area contributed by atoms with Crippen LogP contribution in [0.4, 0.5) is 0 Å². The molecule has 5 rings (SSSR count). The van der Waals surface area contributed by atoms with Gasteiger partial charge in [0.25, 0.3) is 0 Å². The van der Waals surface area contributed by atoms with Gasteiger partial charge in [0, 0.05) is 16.7 Å². The predicted octanol–water partition coefficient (Wildman–Crippen LogP) is 6.82. The Bertz CT molecular complexity index is 1290. The van der Waals surface area contributed by atoms with Crippen molar-refractivity contribution in [2.45, 2.75) is 37.9 Å². The molecule has 0 amide bonds. The van der Waals surface area contributed by atoms with Gasteiger partial charge in [-0.2, -0.15) is 22.7 Å². The fourth-order valence-electron chi connectivity index (χ4n) is 4.77. The lowest BCUT2D eigenvalue weighted by atomic mass is 9.70. The number of carbonyl (C=O) groups is 2. The first-order valence-electron chi connectivity index (χ1n) is 11.2. The Balaban J connectivity index is 1.63. The Morgan fingerprint density at radius 1 is 0.706 bits per heavy atom. The zero-order valence-electron chi connectivity index (χ0n) is 18.8. The molecule has 2 aromatic carbocycles. The van der Waals surface area contributed by atoms with Gasteiger partial charge in [0.1, 0.15) is 6.10 Å². The summed E-state index contributed by atoms with van der Waals surface area (Å²) in [6.45, 7) is 4.09. The highest BCUT2D eigenvalue weighted by Crippen LogP contribution is 2.46. The summed E-state index contributed by atoms with van der Waals surface area (Å²) in [6, 6.07) is 19.8. The van der Waals surface area contributed by atoms with Crippen LogP contribution < -0.4 is 0 Å². The number of rotatable bonds is 5. The maximum absolute atomic E-state index is 13.2. The summed E-state index contributed by atoms with van der Waals surface area (Å²) in [4.78, 5) is 26.2. The van der Waals surface area contributed by atoms with Gasteiger partial charge in [-0.05, 0) is 52.1 Å². The topological polar surface area (TPSA) is 52.6 Å². The second kappa shape index (κ2) is 9.57. The lowest BCUT2D eigenvalue weighted by Crippen LogP contribution is -2.46. The van der Waals surface area contributed by atoms with E-state index in [0.717, 1.165) is 22.3 Å². The molecular weight excluding hydrogens is 464 g/mol. The summed E-state index contributed by atoms with van der Waals surface area (Å²) in [5, 5.41) is 7.25. The van der Waals surface area contributed by atoms with Crippen LogP contribution in [0.1, 0.15) is 61.7 Å². The van der Waals surface area contributed by atoms with Gasteiger partial charge in [-0.15, -0.1) is 0 Å². The molecule has 6 heteroatoms. The fraction of sp³-hybridized carbons (Fsp3) is 0.214. The van der Waals surface area contributed by atoms with E-state index in [2.05, 4.69) is 31.2 Å². The molecule has 0 bridgehead atoms. The van der Waals surface area contributed by atoms with Crippen LogP contribution in [0.3, 0.4) is 0 Å². The Labute approximate surface area is 206 Å². The van der Waals surface area contributed by atoms with E-state index >= 15 is 0 Å². The smallest absolute Gasteiger partial charge is 0.339 e. The average molecular weight is 489 g/mol. The van der Waals surface area contributed by atoms with Crippen molar-refractivity contribution in [3.8, 4) is 0 Å². The second-order valence-electron chi connectivity index (χ2n) is 8.52. The molecule has 4 nitrogen and oxygen atoms in total. The lowest BCUT2D eigenvalue weighted by molar-refractivity contribution is -0.0532. The first-order chi connectivity index (χ1) is 16.5. The van der Waals surface area contributed by atoms with Crippen molar-refractivity contribution in [3.63, 3.8) is 0 Å². The van der Waals surface area contributed by atoms with Crippen molar-refractivity contribution in [1.82, 2.24) is 0 Å². The normalized spacial score (nSPS) is 21.5. The number of aryl methyl sites for hydroxylation is 1. The Kier molecular flexibility index (Phi) is 6.35. The van der Waals surface area contributed by atoms with Crippen molar-refractivity contribution in [2.24, 2.45) is 0 Å². The van der Waals surface area contributed by atoms with Gasteiger partial charge in [0.15, 0.2) is 6.10 Å². The van der Waals surface area contributed by atoms with Crippen LogP contribution in [0, 0.1) is 6.92 Å². The fourth-order valence-corrected chi connectivity index (χ4v) is 6.02. The highest BCUT2D eigenvalue weighted by Gasteiger charge is 2.46. The van der Waals surface area contributed by atoms with Crippen molar-refractivity contribution < 1.29 is 19.1 Å². The first kappa shape index (κ1) is 22.6. The van der Waals surface area contributed by atoms with E-state index < -0.39 is 24.1 Å². The lowest BCUT2D eigenvalue weighted by Gasteiger charge is -2.42. The number of fused-ring (bicyclic) bond motifs is 1. The molecule has 0 N–H and O–H groups in total. The van der Waals surface area contributed by atoms with E-state index in [4.69, 9.17) is 9.47 Å². The minimum atomic E-state index is -0.680. The molecule has 34 heavy (non-hydrogen) atoms. The number of benzene rings is 2. The monoisotopic (exact) mass is 488 g/mol. The van der Waals surface area contributed by atoms with E-state index in [1.807, 2.05) is 41.9 Å². The van der Waals surface area contributed by atoms with Gasteiger partial charge < -0.3 is 9.47 Å². The van der Waals surface area contributed by atoms with Gasteiger partial charge in [0.2, 0.25) is 0 Å².